The molecule has 0 unspecified atom stereocenters. The van der Waals surface area contributed by atoms with E-state index in [1.54, 1.807) is 15.9 Å². The summed E-state index contributed by atoms with van der Waals surface area (Å²) >= 11 is 0. The second kappa shape index (κ2) is 9.98. The quantitative estimate of drug-likeness (QED) is 0.706. The smallest absolute Gasteiger partial charge is 0.253 e. The zero-order valence-electron chi connectivity index (χ0n) is 16.5. The first-order valence-electron chi connectivity index (χ1n) is 9.82. The molecule has 1 fully saturated rings. The zero-order valence-corrected chi connectivity index (χ0v) is 16.5. The molecule has 0 N–H and O–H groups in total. The maximum atomic E-state index is 13.1. The number of carbonyl (C=O) groups excluding carboxylic acids is 2. The molecule has 152 valence electrons. The normalized spacial score (nSPS) is 14.9. The topological polar surface area (TPSA) is 43.9 Å². The van der Waals surface area contributed by atoms with E-state index in [9.17, 15) is 14.0 Å². The molecule has 2 aromatic rings. The molecule has 1 heterocycles. The average Bonchev–Trinajstić information content (AvgIpc) is 2.98. The molecule has 0 saturated carbocycles. The minimum Gasteiger partial charge on any atom is -0.337 e. The van der Waals surface area contributed by atoms with E-state index in [2.05, 4.69) is 11.5 Å². The van der Waals surface area contributed by atoms with Gasteiger partial charge in [-0.2, -0.15) is 0 Å². The molecule has 1 saturated heterocycles. The van der Waals surface area contributed by atoms with Crippen LogP contribution < -0.4 is 4.90 Å². The lowest BCUT2D eigenvalue weighted by Crippen LogP contribution is -2.42. The Bertz CT molecular complexity index is 839. The van der Waals surface area contributed by atoms with Crippen LogP contribution in [0.2, 0.25) is 0 Å². The lowest BCUT2D eigenvalue weighted by Gasteiger charge is -2.26. The van der Waals surface area contributed by atoms with Crippen molar-refractivity contribution in [3.63, 3.8) is 0 Å². The van der Waals surface area contributed by atoms with Crippen LogP contribution in [0.3, 0.4) is 0 Å². The van der Waals surface area contributed by atoms with Crippen LogP contribution in [0.1, 0.15) is 16.8 Å². The Labute approximate surface area is 171 Å². The molecule has 6 heteroatoms. The maximum Gasteiger partial charge on any atom is 0.253 e. The summed E-state index contributed by atoms with van der Waals surface area (Å²) in [6.07, 6.45) is 2.50. The summed E-state index contributed by atoms with van der Waals surface area (Å²) in [5, 5.41) is 0. The molecular formula is C23H26FN3O2. The van der Waals surface area contributed by atoms with E-state index in [1.807, 2.05) is 30.3 Å². The number of hydrogen-bond donors (Lipinski definition) is 0. The summed E-state index contributed by atoms with van der Waals surface area (Å²) in [6, 6.07) is 15.2. The monoisotopic (exact) mass is 395 g/mol. The van der Waals surface area contributed by atoms with Gasteiger partial charge >= 0.3 is 0 Å². The summed E-state index contributed by atoms with van der Waals surface area (Å²) in [6.45, 7) is 7.03. The van der Waals surface area contributed by atoms with E-state index < -0.39 is 0 Å². The number of benzene rings is 2. The highest BCUT2D eigenvalue weighted by Crippen LogP contribution is 2.15. The van der Waals surface area contributed by atoms with Gasteiger partial charge in [0.15, 0.2) is 0 Å². The molecule has 2 amide bonds. The second-order valence-electron chi connectivity index (χ2n) is 7.06. The molecule has 0 aromatic heterocycles. The van der Waals surface area contributed by atoms with Crippen molar-refractivity contribution >= 4 is 17.5 Å². The Kier molecular flexibility index (Phi) is 7.14. The minimum atomic E-state index is -0.357. The van der Waals surface area contributed by atoms with Gasteiger partial charge in [-0.3, -0.25) is 14.5 Å². The molecule has 0 radical (unpaired) electrons. The Balaban J connectivity index is 1.60. The SMILES string of the molecule is C=CCN(C(=O)CN1CCCN(C(=O)c2ccc(F)cc2)CC1)c1ccccc1. The highest BCUT2D eigenvalue weighted by molar-refractivity contribution is 5.95. The Morgan fingerprint density at radius 3 is 2.41 bits per heavy atom. The highest BCUT2D eigenvalue weighted by Gasteiger charge is 2.23. The van der Waals surface area contributed by atoms with Gasteiger partial charge in [-0.15, -0.1) is 6.58 Å². The minimum absolute atomic E-state index is 0.00871. The van der Waals surface area contributed by atoms with Crippen LogP contribution in [0, 0.1) is 5.82 Å². The molecular weight excluding hydrogens is 369 g/mol. The third kappa shape index (κ3) is 5.51. The fourth-order valence-electron chi connectivity index (χ4n) is 3.47. The van der Waals surface area contributed by atoms with Gasteiger partial charge in [0.25, 0.3) is 5.91 Å². The second-order valence-corrected chi connectivity index (χ2v) is 7.06. The predicted octanol–water partition coefficient (Wildman–Crippen LogP) is 3.19. The van der Waals surface area contributed by atoms with Crippen LogP contribution in [0.15, 0.2) is 67.3 Å². The number of hydrogen-bond acceptors (Lipinski definition) is 3. The lowest BCUT2D eigenvalue weighted by atomic mass is 10.2. The summed E-state index contributed by atoms with van der Waals surface area (Å²) in [7, 11) is 0. The zero-order chi connectivity index (χ0) is 20.6. The van der Waals surface area contributed by atoms with Crippen molar-refractivity contribution in [2.24, 2.45) is 0 Å². The highest BCUT2D eigenvalue weighted by atomic mass is 19.1. The fourth-order valence-corrected chi connectivity index (χ4v) is 3.47. The fraction of sp³-hybridized carbons (Fsp3) is 0.304. The summed E-state index contributed by atoms with van der Waals surface area (Å²) in [5.41, 5.74) is 1.33. The van der Waals surface area contributed by atoms with E-state index >= 15 is 0 Å². The van der Waals surface area contributed by atoms with Gasteiger partial charge in [0.1, 0.15) is 5.82 Å². The molecule has 0 bridgehead atoms. The molecule has 0 spiro atoms. The third-order valence-electron chi connectivity index (χ3n) is 5.01. The van der Waals surface area contributed by atoms with Gasteiger partial charge in [-0.25, -0.2) is 4.39 Å². The van der Waals surface area contributed by atoms with Crippen molar-refractivity contribution in [3.05, 3.63) is 78.6 Å². The van der Waals surface area contributed by atoms with E-state index in [0.717, 1.165) is 18.7 Å². The van der Waals surface area contributed by atoms with Gasteiger partial charge in [-0.1, -0.05) is 24.3 Å². The largest absolute Gasteiger partial charge is 0.337 e. The van der Waals surface area contributed by atoms with E-state index in [1.165, 1.54) is 24.3 Å². The van der Waals surface area contributed by atoms with Crippen molar-refractivity contribution in [3.8, 4) is 0 Å². The molecule has 3 rings (SSSR count). The van der Waals surface area contributed by atoms with Crippen molar-refractivity contribution in [1.82, 2.24) is 9.80 Å². The molecule has 1 aliphatic heterocycles. The van der Waals surface area contributed by atoms with Crippen molar-refractivity contribution in [1.29, 1.82) is 0 Å². The number of para-hydroxylation sites is 1. The van der Waals surface area contributed by atoms with E-state index in [4.69, 9.17) is 0 Å². The Morgan fingerprint density at radius 1 is 1.00 bits per heavy atom. The lowest BCUT2D eigenvalue weighted by molar-refractivity contribution is -0.119. The van der Waals surface area contributed by atoms with Crippen LogP contribution in [0.5, 0.6) is 0 Å². The van der Waals surface area contributed by atoms with Gasteiger partial charge in [0.05, 0.1) is 6.54 Å². The number of carbonyl (C=O) groups is 2. The first kappa shape index (κ1) is 20.7. The van der Waals surface area contributed by atoms with Gasteiger partial charge < -0.3 is 9.80 Å². The summed E-state index contributed by atoms with van der Waals surface area (Å²) < 4.78 is 13.1. The standard InChI is InChI=1S/C23H26FN3O2/c1-2-13-27(21-7-4-3-5-8-21)22(28)18-25-14-6-15-26(17-16-25)23(29)19-9-11-20(24)12-10-19/h2-5,7-12H,1,6,13-18H2. The van der Waals surface area contributed by atoms with Gasteiger partial charge in [0.2, 0.25) is 5.91 Å². The van der Waals surface area contributed by atoms with E-state index in [0.29, 0.717) is 38.3 Å². The van der Waals surface area contributed by atoms with Crippen molar-refractivity contribution in [2.45, 2.75) is 6.42 Å². The molecule has 0 atom stereocenters. The van der Waals surface area contributed by atoms with Crippen LogP contribution in [-0.4, -0.2) is 60.9 Å². The Morgan fingerprint density at radius 2 is 1.72 bits per heavy atom. The Hall–Kier alpha value is -2.99. The van der Waals surface area contributed by atoms with Crippen molar-refractivity contribution < 1.29 is 14.0 Å². The van der Waals surface area contributed by atoms with Crippen LogP contribution >= 0.6 is 0 Å². The molecule has 5 nitrogen and oxygen atoms in total. The molecule has 2 aromatic carbocycles. The molecule has 1 aliphatic rings. The number of halogens is 1. The van der Waals surface area contributed by atoms with E-state index in [-0.39, 0.29) is 17.6 Å². The van der Waals surface area contributed by atoms with Crippen molar-refractivity contribution in [2.75, 3.05) is 44.2 Å². The van der Waals surface area contributed by atoms with Gasteiger partial charge in [0, 0.05) is 44.0 Å². The number of anilines is 1. The third-order valence-corrected chi connectivity index (χ3v) is 5.01. The van der Waals surface area contributed by atoms with Crippen LogP contribution in [-0.2, 0) is 4.79 Å². The van der Waals surface area contributed by atoms with Crippen LogP contribution in [0.4, 0.5) is 10.1 Å². The average molecular weight is 395 g/mol. The maximum absolute atomic E-state index is 13.1. The summed E-state index contributed by atoms with van der Waals surface area (Å²) in [4.78, 5) is 31.2. The number of nitrogens with zero attached hydrogens (tertiary/aromatic N) is 3. The number of rotatable bonds is 6. The first-order chi connectivity index (χ1) is 14.1. The predicted molar refractivity (Wildman–Crippen MR) is 112 cm³/mol. The molecule has 0 aliphatic carbocycles. The summed E-state index contributed by atoms with van der Waals surface area (Å²) in [5.74, 6) is -0.449. The first-order valence-corrected chi connectivity index (χ1v) is 9.82. The van der Waals surface area contributed by atoms with Crippen LogP contribution in [0.25, 0.3) is 0 Å². The number of amides is 2. The van der Waals surface area contributed by atoms with Gasteiger partial charge in [-0.05, 0) is 42.8 Å². The molecule has 29 heavy (non-hydrogen) atoms.